The molecule has 2 rings (SSSR count). The molecule has 1 atom stereocenters. The molecule has 2 aromatic carbocycles. The fraction of sp³-hybridized carbons (Fsp3) is 0.278. The first-order valence-electron chi connectivity index (χ1n) is 7.09. The summed E-state index contributed by atoms with van der Waals surface area (Å²) < 4.78 is 0. The van der Waals surface area contributed by atoms with E-state index in [-0.39, 0.29) is 6.04 Å². The van der Waals surface area contributed by atoms with Crippen molar-refractivity contribution >= 4 is 5.69 Å². The van der Waals surface area contributed by atoms with Crippen LogP contribution in [0.4, 0.5) is 5.69 Å². The molecule has 108 valence electrons. The minimum atomic E-state index is 0.160. The zero-order valence-corrected chi connectivity index (χ0v) is 12.8. The fourth-order valence-corrected chi connectivity index (χ4v) is 2.34. The van der Waals surface area contributed by atoms with Crippen molar-refractivity contribution < 1.29 is 0 Å². The molecule has 3 heteroatoms. The number of rotatable bonds is 5. The molecule has 0 amide bonds. The lowest BCUT2D eigenvalue weighted by molar-refractivity contribution is 0.402. The first-order valence-corrected chi connectivity index (χ1v) is 7.09. The van der Waals surface area contributed by atoms with E-state index in [1.807, 2.05) is 24.3 Å². The maximum atomic E-state index is 8.98. The van der Waals surface area contributed by atoms with Crippen LogP contribution >= 0.6 is 0 Å². The van der Waals surface area contributed by atoms with Crippen LogP contribution in [-0.2, 0) is 6.54 Å². The van der Waals surface area contributed by atoms with Gasteiger partial charge in [-0.15, -0.1) is 0 Å². The molecule has 2 aromatic rings. The maximum Gasteiger partial charge on any atom is 0.0991 e. The number of benzene rings is 2. The Morgan fingerprint density at radius 3 is 2.62 bits per heavy atom. The van der Waals surface area contributed by atoms with Gasteiger partial charge in [-0.05, 0) is 56.4 Å². The van der Waals surface area contributed by atoms with Crippen molar-refractivity contribution in [1.29, 1.82) is 5.26 Å². The van der Waals surface area contributed by atoms with Gasteiger partial charge in [-0.1, -0.05) is 24.3 Å². The summed E-state index contributed by atoms with van der Waals surface area (Å²) >= 11 is 0. The predicted molar refractivity (Wildman–Crippen MR) is 87.0 cm³/mol. The second kappa shape index (κ2) is 6.92. The summed E-state index contributed by atoms with van der Waals surface area (Å²) in [6.45, 7) is 3.03. The van der Waals surface area contributed by atoms with Crippen LogP contribution < -0.4 is 5.32 Å². The van der Waals surface area contributed by atoms with Crippen molar-refractivity contribution in [2.45, 2.75) is 19.5 Å². The van der Waals surface area contributed by atoms with Gasteiger partial charge in [-0.3, -0.25) is 0 Å². The van der Waals surface area contributed by atoms with E-state index in [9.17, 15) is 0 Å². The molecule has 0 bridgehead atoms. The highest BCUT2D eigenvalue weighted by atomic mass is 15.0. The summed E-state index contributed by atoms with van der Waals surface area (Å²) in [5.41, 5.74) is 4.20. The standard InChI is InChI=1S/C18H21N3/c1-14(17-8-4-6-15(10-17)12-19)20-18-9-5-7-16(11-18)13-21(2)3/h4-11,14,20H,13H2,1-3H3/t14-/m1/s1. The zero-order chi connectivity index (χ0) is 15.2. The van der Waals surface area contributed by atoms with Crippen LogP contribution in [0.5, 0.6) is 0 Å². The minimum absolute atomic E-state index is 0.160. The summed E-state index contributed by atoms with van der Waals surface area (Å²) in [5, 5.41) is 12.5. The Morgan fingerprint density at radius 2 is 1.90 bits per heavy atom. The van der Waals surface area contributed by atoms with Gasteiger partial charge in [0.05, 0.1) is 11.6 Å². The van der Waals surface area contributed by atoms with E-state index in [1.165, 1.54) is 5.56 Å². The zero-order valence-electron chi connectivity index (χ0n) is 12.8. The molecule has 3 nitrogen and oxygen atoms in total. The van der Waals surface area contributed by atoms with Crippen LogP contribution in [-0.4, -0.2) is 19.0 Å². The highest BCUT2D eigenvalue weighted by Gasteiger charge is 2.06. The fourth-order valence-electron chi connectivity index (χ4n) is 2.34. The SMILES string of the molecule is C[C@@H](Nc1cccc(CN(C)C)c1)c1cccc(C#N)c1. The summed E-state index contributed by atoms with van der Waals surface area (Å²) in [4.78, 5) is 2.15. The average molecular weight is 279 g/mol. The summed E-state index contributed by atoms with van der Waals surface area (Å²) in [6.07, 6.45) is 0. The van der Waals surface area contributed by atoms with Gasteiger partial charge in [0.1, 0.15) is 0 Å². The maximum absolute atomic E-state index is 8.98. The van der Waals surface area contributed by atoms with Crippen LogP contribution in [0.1, 0.15) is 29.7 Å². The lowest BCUT2D eigenvalue weighted by Crippen LogP contribution is -2.11. The number of nitriles is 1. The van der Waals surface area contributed by atoms with Gasteiger partial charge in [-0.2, -0.15) is 5.26 Å². The molecule has 0 heterocycles. The van der Waals surface area contributed by atoms with E-state index in [2.05, 4.69) is 61.6 Å². The van der Waals surface area contributed by atoms with Crippen LogP contribution in [0.3, 0.4) is 0 Å². The predicted octanol–water partition coefficient (Wildman–Crippen LogP) is 3.79. The van der Waals surface area contributed by atoms with Crippen molar-refractivity contribution in [2.24, 2.45) is 0 Å². The number of hydrogen-bond donors (Lipinski definition) is 1. The minimum Gasteiger partial charge on any atom is -0.379 e. The number of hydrogen-bond acceptors (Lipinski definition) is 3. The molecule has 0 spiro atoms. The second-order valence-corrected chi connectivity index (χ2v) is 5.54. The van der Waals surface area contributed by atoms with Gasteiger partial charge in [0.25, 0.3) is 0 Å². The second-order valence-electron chi connectivity index (χ2n) is 5.54. The van der Waals surface area contributed by atoms with Gasteiger partial charge in [0.15, 0.2) is 0 Å². The van der Waals surface area contributed by atoms with E-state index in [0.717, 1.165) is 17.8 Å². The van der Waals surface area contributed by atoms with Gasteiger partial charge in [0.2, 0.25) is 0 Å². The van der Waals surface area contributed by atoms with Gasteiger partial charge >= 0.3 is 0 Å². The topological polar surface area (TPSA) is 39.1 Å². The molecule has 0 fully saturated rings. The number of anilines is 1. The quantitative estimate of drug-likeness (QED) is 0.905. The van der Waals surface area contributed by atoms with Crippen LogP contribution in [0.25, 0.3) is 0 Å². The van der Waals surface area contributed by atoms with E-state index in [0.29, 0.717) is 5.56 Å². The number of nitrogens with zero attached hydrogens (tertiary/aromatic N) is 2. The summed E-state index contributed by atoms with van der Waals surface area (Å²) in [6, 6.07) is 18.5. The molecule has 1 N–H and O–H groups in total. The molecule has 21 heavy (non-hydrogen) atoms. The lowest BCUT2D eigenvalue weighted by atomic mass is 10.1. The Bertz CT molecular complexity index is 641. The van der Waals surface area contributed by atoms with Gasteiger partial charge in [0, 0.05) is 18.3 Å². The van der Waals surface area contributed by atoms with Crippen LogP contribution in [0, 0.1) is 11.3 Å². The van der Waals surface area contributed by atoms with Crippen molar-refractivity contribution in [2.75, 3.05) is 19.4 Å². The Hall–Kier alpha value is -2.31. The largest absolute Gasteiger partial charge is 0.379 e. The van der Waals surface area contributed by atoms with E-state index in [1.54, 1.807) is 0 Å². The highest BCUT2D eigenvalue weighted by Crippen LogP contribution is 2.21. The molecule has 0 aromatic heterocycles. The molecule has 0 aliphatic rings. The summed E-state index contributed by atoms with van der Waals surface area (Å²) in [7, 11) is 4.13. The van der Waals surface area contributed by atoms with E-state index >= 15 is 0 Å². The van der Waals surface area contributed by atoms with Crippen molar-refractivity contribution in [3.63, 3.8) is 0 Å². The molecule has 0 saturated heterocycles. The molecular formula is C18H21N3. The van der Waals surface area contributed by atoms with Crippen molar-refractivity contribution in [3.05, 3.63) is 65.2 Å². The molecule has 0 unspecified atom stereocenters. The van der Waals surface area contributed by atoms with Gasteiger partial charge < -0.3 is 10.2 Å². The Kier molecular flexibility index (Phi) is 4.97. The Morgan fingerprint density at radius 1 is 1.14 bits per heavy atom. The molecule has 0 radical (unpaired) electrons. The average Bonchev–Trinajstić information content (AvgIpc) is 2.47. The molecule has 0 aliphatic heterocycles. The van der Waals surface area contributed by atoms with Crippen LogP contribution in [0.2, 0.25) is 0 Å². The normalized spacial score (nSPS) is 12.0. The third-order valence-corrected chi connectivity index (χ3v) is 3.32. The third kappa shape index (κ3) is 4.34. The number of nitrogens with one attached hydrogen (secondary N) is 1. The molecule has 0 saturated carbocycles. The van der Waals surface area contributed by atoms with Gasteiger partial charge in [-0.25, -0.2) is 0 Å². The van der Waals surface area contributed by atoms with E-state index in [4.69, 9.17) is 5.26 Å². The monoisotopic (exact) mass is 279 g/mol. The first kappa shape index (κ1) is 15.1. The van der Waals surface area contributed by atoms with E-state index < -0.39 is 0 Å². The van der Waals surface area contributed by atoms with Crippen molar-refractivity contribution in [1.82, 2.24) is 4.90 Å². The smallest absolute Gasteiger partial charge is 0.0991 e. The first-order chi connectivity index (χ1) is 10.1. The summed E-state index contributed by atoms with van der Waals surface area (Å²) in [5.74, 6) is 0. The lowest BCUT2D eigenvalue weighted by Gasteiger charge is -2.17. The Balaban J connectivity index is 2.12. The van der Waals surface area contributed by atoms with Crippen LogP contribution in [0.15, 0.2) is 48.5 Å². The molecule has 0 aliphatic carbocycles. The highest BCUT2D eigenvalue weighted by molar-refractivity contribution is 5.48. The molecular weight excluding hydrogens is 258 g/mol. The third-order valence-electron chi connectivity index (χ3n) is 3.32. The van der Waals surface area contributed by atoms with Crippen molar-refractivity contribution in [3.8, 4) is 6.07 Å². The Labute approximate surface area is 126 Å².